The third kappa shape index (κ3) is 2.93. The standard InChI is InChI=1S/C12H14N4O4S/c1-7(17)10-6-9(16(19)20)12(21-10)15-5-4-8(13-15)11(18)14(2)3/h4-7,17H,1-3H3/t7-/m1/s1. The van der Waals surface area contributed by atoms with Gasteiger partial charge in [0.15, 0.2) is 10.7 Å². The second-order valence-electron chi connectivity index (χ2n) is 4.62. The Hall–Kier alpha value is -2.26. The minimum atomic E-state index is -0.805. The molecule has 2 aromatic heterocycles. The maximum Gasteiger partial charge on any atom is 0.306 e. The molecule has 112 valence electrons. The zero-order valence-electron chi connectivity index (χ0n) is 11.7. The second-order valence-corrected chi connectivity index (χ2v) is 5.68. The maximum absolute atomic E-state index is 11.8. The fourth-order valence-corrected chi connectivity index (χ4v) is 2.67. The molecule has 2 rings (SSSR count). The molecule has 0 saturated heterocycles. The van der Waals surface area contributed by atoms with Crippen LogP contribution in [0.2, 0.25) is 0 Å². The molecule has 1 amide bonds. The smallest absolute Gasteiger partial charge is 0.306 e. The Morgan fingerprint density at radius 1 is 1.57 bits per heavy atom. The summed E-state index contributed by atoms with van der Waals surface area (Å²) < 4.78 is 1.28. The summed E-state index contributed by atoms with van der Waals surface area (Å²) >= 11 is 1.07. The SMILES string of the molecule is C[C@@H](O)c1cc([N+](=O)[O-])c(-n2ccc(C(=O)N(C)C)n2)s1. The third-order valence-electron chi connectivity index (χ3n) is 2.74. The van der Waals surface area contributed by atoms with Gasteiger partial charge in [0.1, 0.15) is 0 Å². The molecule has 0 aliphatic heterocycles. The van der Waals surface area contributed by atoms with Crippen molar-refractivity contribution >= 4 is 22.9 Å². The van der Waals surface area contributed by atoms with Crippen molar-refractivity contribution in [2.45, 2.75) is 13.0 Å². The predicted octanol–water partition coefficient (Wildman–Crippen LogP) is 1.60. The minimum Gasteiger partial charge on any atom is -0.388 e. The van der Waals surface area contributed by atoms with Crippen molar-refractivity contribution in [2.75, 3.05) is 14.1 Å². The Labute approximate surface area is 124 Å². The number of thiophene rings is 1. The number of carbonyl (C=O) groups excluding carboxylic acids is 1. The van der Waals surface area contributed by atoms with Gasteiger partial charge in [0, 0.05) is 31.2 Å². The molecule has 0 radical (unpaired) electrons. The lowest BCUT2D eigenvalue weighted by Crippen LogP contribution is -2.22. The number of aromatic nitrogens is 2. The van der Waals surface area contributed by atoms with Crippen molar-refractivity contribution in [1.82, 2.24) is 14.7 Å². The monoisotopic (exact) mass is 310 g/mol. The number of hydrogen-bond donors (Lipinski definition) is 1. The molecule has 1 N–H and O–H groups in total. The molecule has 0 fully saturated rings. The topological polar surface area (TPSA) is 102 Å². The number of nitro groups is 1. The molecule has 0 saturated carbocycles. The van der Waals surface area contributed by atoms with E-state index >= 15 is 0 Å². The number of nitrogens with zero attached hydrogens (tertiary/aromatic N) is 4. The van der Waals surface area contributed by atoms with E-state index in [9.17, 15) is 20.0 Å². The van der Waals surface area contributed by atoms with Crippen molar-refractivity contribution in [3.05, 3.63) is 39.0 Å². The summed E-state index contributed by atoms with van der Waals surface area (Å²) in [4.78, 5) is 24.2. The highest BCUT2D eigenvalue weighted by molar-refractivity contribution is 7.15. The summed E-state index contributed by atoms with van der Waals surface area (Å²) in [5, 5.41) is 25.0. The number of aliphatic hydroxyl groups excluding tert-OH is 1. The van der Waals surface area contributed by atoms with Crippen molar-refractivity contribution in [3.8, 4) is 5.00 Å². The maximum atomic E-state index is 11.8. The van der Waals surface area contributed by atoms with Gasteiger partial charge in [-0.2, -0.15) is 5.10 Å². The number of amides is 1. The van der Waals surface area contributed by atoms with Crippen molar-refractivity contribution in [3.63, 3.8) is 0 Å². The van der Waals surface area contributed by atoms with Crippen LogP contribution in [0.5, 0.6) is 0 Å². The van der Waals surface area contributed by atoms with Gasteiger partial charge in [-0.05, 0) is 13.0 Å². The Morgan fingerprint density at radius 2 is 2.24 bits per heavy atom. The lowest BCUT2D eigenvalue weighted by molar-refractivity contribution is -0.384. The van der Waals surface area contributed by atoms with Crippen LogP contribution in [-0.2, 0) is 0 Å². The molecule has 0 spiro atoms. The predicted molar refractivity (Wildman–Crippen MR) is 76.7 cm³/mol. The van der Waals surface area contributed by atoms with Crippen molar-refractivity contribution in [2.24, 2.45) is 0 Å². The Kier molecular flexibility index (Phi) is 4.05. The first-order chi connectivity index (χ1) is 9.81. The van der Waals surface area contributed by atoms with E-state index in [0.29, 0.717) is 4.88 Å². The number of aliphatic hydroxyl groups is 1. The molecule has 8 nitrogen and oxygen atoms in total. The van der Waals surface area contributed by atoms with Gasteiger partial charge in [0.05, 0.1) is 11.0 Å². The average Bonchev–Trinajstić information content (AvgIpc) is 3.03. The Bertz CT molecular complexity index is 689. The zero-order chi connectivity index (χ0) is 15.7. The molecule has 0 bridgehead atoms. The van der Waals surface area contributed by atoms with E-state index in [4.69, 9.17) is 0 Å². The van der Waals surface area contributed by atoms with Gasteiger partial charge in [-0.3, -0.25) is 14.9 Å². The zero-order valence-corrected chi connectivity index (χ0v) is 12.5. The largest absolute Gasteiger partial charge is 0.388 e. The lowest BCUT2D eigenvalue weighted by Gasteiger charge is -2.06. The van der Waals surface area contributed by atoms with Crippen molar-refractivity contribution in [1.29, 1.82) is 0 Å². The normalized spacial score (nSPS) is 12.2. The molecule has 0 aliphatic rings. The van der Waals surface area contributed by atoms with Gasteiger partial charge in [0.2, 0.25) is 0 Å². The third-order valence-corrected chi connectivity index (χ3v) is 4.03. The van der Waals surface area contributed by atoms with E-state index in [1.807, 2.05) is 0 Å². The number of carbonyl (C=O) groups is 1. The highest BCUT2D eigenvalue weighted by atomic mass is 32.1. The quantitative estimate of drug-likeness (QED) is 0.682. The fraction of sp³-hybridized carbons (Fsp3) is 0.333. The summed E-state index contributed by atoms with van der Waals surface area (Å²) in [6.45, 7) is 1.53. The molecule has 0 aliphatic carbocycles. The summed E-state index contributed by atoms with van der Waals surface area (Å²) in [5.74, 6) is -0.288. The summed E-state index contributed by atoms with van der Waals surface area (Å²) in [5.41, 5.74) is 0.0455. The van der Waals surface area contributed by atoms with Gasteiger partial charge in [-0.25, -0.2) is 4.68 Å². The van der Waals surface area contributed by atoms with Crippen LogP contribution in [0.1, 0.15) is 28.4 Å². The number of rotatable bonds is 4. The van der Waals surface area contributed by atoms with Crippen LogP contribution < -0.4 is 0 Å². The van der Waals surface area contributed by atoms with E-state index < -0.39 is 11.0 Å². The molecule has 0 aromatic carbocycles. The highest BCUT2D eigenvalue weighted by Gasteiger charge is 2.24. The molecule has 21 heavy (non-hydrogen) atoms. The van der Waals surface area contributed by atoms with Crippen LogP contribution in [0.15, 0.2) is 18.3 Å². The second kappa shape index (κ2) is 5.62. The molecule has 9 heteroatoms. The van der Waals surface area contributed by atoms with Crippen LogP contribution in [0, 0.1) is 10.1 Å². The van der Waals surface area contributed by atoms with Gasteiger partial charge >= 0.3 is 5.69 Å². The van der Waals surface area contributed by atoms with E-state index in [2.05, 4.69) is 5.10 Å². The molecule has 0 unspecified atom stereocenters. The fourth-order valence-electron chi connectivity index (χ4n) is 1.67. The molecular weight excluding hydrogens is 296 g/mol. The van der Waals surface area contributed by atoms with Crippen LogP contribution >= 0.6 is 11.3 Å². The van der Waals surface area contributed by atoms with Gasteiger partial charge in [0.25, 0.3) is 5.91 Å². The Balaban J connectivity index is 2.47. The van der Waals surface area contributed by atoms with E-state index in [0.717, 1.165) is 11.3 Å². The average molecular weight is 310 g/mol. The molecule has 1 atom stereocenters. The number of hydrogen-bond acceptors (Lipinski definition) is 6. The van der Waals surface area contributed by atoms with E-state index in [1.165, 1.54) is 34.8 Å². The summed E-state index contributed by atoms with van der Waals surface area (Å²) in [6, 6.07) is 2.81. The lowest BCUT2D eigenvalue weighted by atomic mass is 10.3. The molecule has 2 aromatic rings. The van der Waals surface area contributed by atoms with Gasteiger partial charge < -0.3 is 10.0 Å². The summed E-state index contributed by atoms with van der Waals surface area (Å²) in [7, 11) is 3.20. The van der Waals surface area contributed by atoms with Crippen LogP contribution in [-0.4, -0.2) is 44.7 Å². The first kappa shape index (κ1) is 15.1. The van der Waals surface area contributed by atoms with E-state index in [-0.39, 0.29) is 22.3 Å². The highest BCUT2D eigenvalue weighted by Crippen LogP contribution is 2.35. The van der Waals surface area contributed by atoms with E-state index in [1.54, 1.807) is 14.1 Å². The van der Waals surface area contributed by atoms with Gasteiger partial charge in [-0.15, -0.1) is 11.3 Å². The van der Waals surface area contributed by atoms with Gasteiger partial charge in [-0.1, -0.05) is 0 Å². The molecular formula is C12H14N4O4S. The van der Waals surface area contributed by atoms with Crippen LogP contribution in [0.3, 0.4) is 0 Å². The first-order valence-electron chi connectivity index (χ1n) is 6.05. The van der Waals surface area contributed by atoms with Crippen LogP contribution in [0.4, 0.5) is 5.69 Å². The Morgan fingerprint density at radius 3 is 2.76 bits per heavy atom. The van der Waals surface area contributed by atoms with Crippen LogP contribution in [0.25, 0.3) is 5.00 Å². The first-order valence-corrected chi connectivity index (χ1v) is 6.86. The van der Waals surface area contributed by atoms with Crippen molar-refractivity contribution < 1.29 is 14.8 Å². The molecule has 2 heterocycles. The minimum absolute atomic E-state index is 0.150. The summed E-state index contributed by atoms with van der Waals surface area (Å²) in [6.07, 6.45) is 0.683.